The summed E-state index contributed by atoms with van der Waals surface area (Å²) in [6.45, 7) is 58.3. The average Bonchev–Trinajstić information content (AvgIpc) is 3.17. The molecule has 0 heterocycles. The van der Waals surface area contributed by atoms with Crippen LogP contribution in [0.2, 0.25) is 0 Å². The number of carboxylic acids is 1. The summed E-state index contributed by atoms with van der Waals surface area (Å²) >= 11 is 0. The van der Waals surface area contributed by atoms with E-state index in [1.54, 1.807) is 27.7 Å². The number of primary amides is 1. The van der Waals surface area contributed by atoms with Gasteiger partial charge in [0.05, 0.1) is 53.4 Å². The Bertz CT molecular complexity index is 1520. The lowest BCUT2D eigenvalue weighted by molar-refractivity contribution is -0.151. The molecule has 0 spiro atoms. The third-order valence-electron chi connectivity index (χ3n) is 9.76. The highest BCUT2D eigenvalue weighted by molar-refractivity contribution is 5.73. The zero-order valence-corrected chi connectivity index (χ0v) is 58.1. The molecule has 18 heteroatoms. The van der Waals surface area contributed by atoms with E-state index < -0.39 is 24.3 Å². The van der Waals surface area contributed by atoms with Crippen LogP contribution in [0.15, 0.2) is 0 Å². The molecule has 15 nitrogen and oxygen atoms in total. The summed E-state index contributed by atoms with van der Waals surface area (Å²) in [5, 5.41) is 22.4. The van der Waals surface area contributed by atoms with E-state index >= 15 is 0 Å². The molecule has 0 bridgehead atoms. The van der Waals surface area contributed by atoms with Gasteiger partial charge in [-0.15, -0.1) is 0 Å². The number of hydrogen-bond acceptors (Lipinski definition) is 11. The molecule has 0 radical (unpaired) electrons. The molecule has 492 valence electrons. The van der Waals surface area contributed by atoms with Crippen LogP contribution in [0.3, 0.4) is 0 Å². The Hall–Kier alpha value is -3.67. The molecular formula is C63H133F3N4O11. The number of methoxy groups -OCH3 is 3. The van der Waals surface area contributed by atoms with E-state index in [1.807, 2.05) is 83.1 Å². The molecule has 3 amide bonds. The summed E-state index contributed by atoms with van der Waals surface area (Å²) in [6, 6.07) is -0.441. The molecule has 81 heavy (non-hydrogen) atoms. The van der Waals surface area contributed by atoms with Gasteiger partial charge < -0.3 is 46.5 Å². The maximum atomic E-state index is 11.5. The van der Waals surface area contributed by atoms with Crippen molar-refractivity contribution >= 4 is 35.8 Å². The first-order valence-electron chi connectivity index (χ1n) is 28.5. The number of carboxylic acid groups (broad SMARTS) is 1. The summed E-state index contributed by atoms with van der Waals surface area (Å²) in [5.41, 5.74) is 11.2. The fourth-order valence-electron chi connectivity index (χ4n) is 5.02. The maximum Gasteiger partial charge on any atom is 0.312 e. The van der Waals surface area contributed by atoms with Crippen molar-refractivity contribution in [3.8, 4) is 0 Å². The van der Waals surface area contributed by atoms with Gasteiger partial charge in [0, 0.05) is 32.9 Å². The van der Waals surface area contributed by atoms with Crippen LogP contribution in [0.25, 0.3) is 0 Å². The summed E-state index contributed by atoms with van der Waals surface area (Å²) in [4.78, 5) is 62.9. The number of halogens is 3. The van der Waals surface area contributed by atoms with Crippen LogP contribution >= 0.6 is 0 Å². The van der Waals surface area contributed by atoms with Crippen LogP contribution in [0, 0.1) is 54.7 Å². The fraction of sp³-hybridized carbons (Fsp3) is 0.905. The molecule has 0 rings (SSSR count). The van der Waals surface area contributed by atoms with E-state index in [9.17, 15) is 41.9 Å². The molecule has 0 aromatic rings. The minimum atomic E-state index is -2.16. The van der Waals surface area contributed by atoms with E-state index in [1.165, 1.54) is 21.3 Å². The molecule has 0 aromatic heterocycles. The van der Waals surface area contributed by atoms with Crippen molar-refractivity contribution in [3.63, 3.8) is 0 Å². The largest absolute Gasteiger partial charge is 0.481 e. The highest BCUT2D eigenvalue weighted by Gasteiger charge is 2.31. The van der Waals surface area contributed by atoms with Gasteiger partial charge in [0.25, 0.3) is 0 Å². The molecule has 0 saturated heterocycles. The number of nitrogens with one attached hydrogen (secondary N) is 2. The second kappa shape index (κ2) is 48.7. The first kappa shape index (κ1) is 96.5. The van der Waals surface area contributed by atoms with Crippen molar-refractivity contribution in [2.75, 3.05) is 54.2 Å². The van der Waals surface area contributed by atoms with Gasteiger partial charge in [-0.3, -0.25) is 28.4 Å². The number of aliphatic hydroxyl groups is 1. The number of hydrogen-bond donors (Lipinski definition) is 6. The monoisotopic (exact) mass is 1180 g/mol. The van der Waals surface area contributed by atoms with Crippen LogP contribution in [0.5, 0.6) is 0 Å². The molecule has 0 fully saturated rings. The number of carbonyl (C=O) groups is 6. The molecule has 0 aliphatic heterocycles. The number of rotatable bonds is 14. The summed E-state index contributed by atoms with van der Waals surface area (Å²) in [5.74, 6) is -1.67. The Kier molecular flexibility index (Phi) is 58.0. The molecule has 1 unspecified atom stereocenters. The van der Waals surface area contributed by atoms with Gasteiger partial charge in [0.2, 0.25) is 12.3 Å². The predicted molar refractivity (Wildman–Crippen MR) is 333 cm³/mol. The second-order valence-electron chi connectivity index (χ2n) is 30.7. The van der Waals surface area contributed by atoms with Gasteiger partial charge >= 0.3 is 29.9 Å². The van der Waals surface area contributed by atoms with Crippen molar-refractivity contribution < 1.29 is 66.4 Å². The number of carbonyl (C=O) groups excluding carboxylic acids is 5. The SMILES string of the molecule is CC(=O)NCCC(C)(C)C.CC(C)(C)CC(=O)O.CC(C)(C)CC(F)F.CC(C)(C)CCF.CC(C)(C)CCN.CC(C)(C)CCNC(N)=O.COC(=O)C(CO)C(C)(C)C.COC(=O)CC(C)(C)C.COC(=O)CCCC(C)(C)C. The first-order chi connectivity index (χ1) is 35.6. The summed E-state index contributed by atoms with van der Waals surface area (Å²) in [6.07, 6.45) is 4.90. The minimum absolute atomic E-state index is 0.00694. The predicted octanol–water partition coefficient (Wildman–Crippen LogP) is 15.4. The Morgan fingerprint density at radius 1 is 0.506 bits per heavy atom. The van der Waals surface area contributed by atoms with Crippen molar-refractivity contribution in [1.82, 2.24) is 10.6 Å². The van der Waals surface area contributed by atoms with Gasteiger partial charge in [0.15, 0.2) is 0 Å². The van der Waals surface area contributed by atoms with Crippen molar-refractivity contribution in [2.24, 2.45) is 66.1 Å². The van der Waals surface area contributed by atoms with Crippen LogP contribution in [0.1, 0.15) is 258 Å². The third kappa shape index (κ3) is 124. The zero-order valence-electron chi connectivity index (χ0n) is 58.1. The second-order valence-corrected chi connectivity index (χ2v) is 30.7. The minimum Gasteiger partial charge on any atom is -0.481 e. The number of alkyl halides is 3. The van der Waals surface area contributed by atoms with E-state index in [0.717, 1.165) is 45.2 Å². The Balaban J connectivity index is -0.000000103. The van der Waals surface area contributed by atoms with E-state index in [4.69, 9.17) is 21.7 Å². The molecule has 0 aliphatic rings. The quantitative estimate of drug-likeness (QED) is 0.0702. The Morgan fingerprint density at radius 3 is 1.00 bits per heavy atom. The van der Waals surface area contributed by atoms with Crippen molar-refractivity contribution in [3.05, 3.63) is 0 Å². The van der Waals surface area contributed by atoms with Crippen LogP contribution in [-0.2, 0) is 38.2 Å². The van der Waals surface area contributed by atoms with Crippen LogP contribution in [0.4, 0.5) is 18.0 Å². The van der Waals surface area contributed by atoms with Gasteiger partial charge in [-0.2, -0.15) is 0 Å². The van der Waals surface area contributed by atoms with Gasteiger partial charge in [0.1, 0.15) is 0 Å². The van der Waals surface area contributed by atoms with E-state index in [-0.39, 0.29) is 82.4 Å². The number of nitrogens with two attached hydrogens (primary N) is 2. The van der Waals surface area contributed by atoms with Crippen molar-refractivity contribution in [2.45, 2.75) is 264 Å². The number of ether oxygens (including phenoxy) is 3. The highest BCUT2D eigenvalue weighted by Crippen LogP contribution is 2.27. The van der Waals surface area contributed by atoms with Gasteiger partial charge in [-0.1, -0.05) is 187 Å². The molecule has 1 atom stereocenters. The lowest BCUT2D eigenvalue weighted by atomic mass is 9.81. The topological polar surface area (TPSA) is 247 Å². The highest BCUT2D eigenvalue weighted by atomic mass is 19.3. The van der Waals surface area contributed by atoms with E-state index in [2.05, 4.69) is 108 Å². The molecular weight excluding hydrogens is 1050 g/mol. The number of amides is 3. The first-order valence-corrected chi connectivity index (χ1v) is 28.5. The normalized spacial score (nSPS) is 11.9. The molecule has 0 saturated carbocycles. The number of aliphatic hydroxyl groups excluding tert-OH is 1. The van der Waals surface area contributed by atoms with E-state index in [0.29, 0.717) is 42.1 Å². The molecule has 0 aromatic carbocycles. The maximum absolute atomic E-state index is 11.5. The third-order valence-corrected chi connectivity index (χ3v) is 9.76. The van der Waals surface area contributed by atoms with Gasteiger partial charge in [-0.25, -0.2) is 13.6 Å². The van der Waals surface area contributed by atoms with Crippen LogP contribution in [-0.4, -0.2) is 107 Å². The molecule has 0 aliphatic carbocycles. The smallest absolute Gasteiger partial charge is 0.312 e. The summed E-state index contributed by atoms with van der Waals surface area (Å²) < 4.78 is 48.1. The average molecular weight is 1180 g/mol. The number of aliphatic carboxylic acids is 1. The van der Waals surface area contributed by atoms with Crippen molar-refractivity contribution in [1.29, 1.82) is 0 Å². The fourth-order valence-corrected chi connectivity index (χ4v) is 5.02. The molecule has 8 N–H and O–H groups in total. The summed E-state index contributed by atoms with van der Waals surface area (Å²) in [7, 11) is 4.17. The lowest BCUT2D eigenvalue weighted by Crippen LogP contribution is -2.32. The number of esters is 3. The number of urea groups is 1. The Labute approximate surface area is 496 Å². The Morgan fingerprint density at radius 2 is 0.864 bits per heavy atom. The standard InChI is InChI=1S/C9H18O2.C8H17NO.C8H16O3.C7H16N2O.C7H14O2.C6H12F2.C6H13F.C6H15N.C6H12O2/c1-9(2,3)7-5-6-8(10)11-4;1-7(10)9-6-5-8(2,3)4;1-8(2,3)6(5-9)7(10)11-4;1-7(2,3)4-5-9-6(8)10;1-7(2,3)5-6(8)9-4;1-6(2,3)4-5(7)8;2*1-6(2,3)4-5-7;1-6(2,3)4-5(7)8/h5-7H2,1-4H3;5-6H2,1-4H3,(H,9,10);6,9H,5H2,1-4H3;4-5H2,1-3H3,(H3,8,9,10);5H2,1-4H3;5H,4H2,1-3H3;4-5H2,1-3H3;4-5,7H2,1-3H3;4H2,1-3H3,(H,7,8). The lowest BCUT2D eigenvalue weighted by Gasteiger charge is -2.26. The van der Waals surface area contributed by atoms with Crippen LogP contribution < -0.4 is 22.1 Å². The zero-order chi connectivity index (χ0) is 67.3. The van der Waals surface area contributed by atoms with Gasteiger partial charge in [-0.05, 0) is 93.8 Å².